The molecule has 2 heterocycles. The highest BCUT2D eigenvalue weighted by molar-refractivity contribution is 5.77. The van der Waals surface area contributed by atoms with Crippen LogP contribution in [-0.2, 0) is 19.5 Å². The fourth-order valence-corrected chi connectivity index (χ4v) is 5.15. The maximum atomic E-state index is 4.55. The van der Waals surface area contributed by atoms with Gasteiger partial charge in [0.15, 0.2) is 0 Å². The first-order valence-electron chi connectivity index (χ1n) is 12.4. The Hall–Kier alpha value is -3.78. The number of para-hydroxylation sites is 1. The lowest BCUT2D eigenvalue weighted by Crippen LogP contribution is -2.22. The Balaban J connectivity index is 1.44. The van der Waals surface area contributed by atoms with Gasteiger partial charge in [-0.3, -0.25) is 0 Å². The van der Waals surface area contributed by atoms with Crippen molar-refractivity contribution in [3.8, 4) is 0 Å². The second-order valence-electron chi connectivity index (χ2n) is 9.85. The van der Waals surface area contributed by atoms with Crippen molar-refractivity contribution in [3.05, 3.63) is 142 Å². The van der Waals surface area contributed by atoms with Crippen molar-refractivity contribution in [1.82, 2.24) is 4.57 Å². The molecule has 0 fully saturated rings. The molecule has 4 aromatic rings. The Bertz CT molecular complexity index is 1400. The largest absolute Gasteiger partial charge is 0.339 e. The van der Waals surface area contributed by atoms with E-state index in [2.05, 4.69) is 122 Å². The standard InChI is InChI=1S/C33H34N2/c1-23-10-15-29(16-11-23)27(5)32-19-18-31-22-34(33-9-7-6-8-30(33)21-35(31)32)26(4)13-17-28-14-12-24(2)20-25(28)3/h6-12,14-16,18-20H,4-5,13,17,21-22H2,1-3H3. The molecule has 0 aliphatic carbocycles. The molecule has 1 aromatic heterocycles. The SMILES string of the molecule is C=C(c1ccc(C)cc1)c1ccc2n1Cc1ccccc1N(C(=C)CCc1ccc(C)cc1C)C2. The number of rotatable bonds is 6. The van der Waals surface area contributed by atoms with Crippen LogP contribution in [0.2, 0.25) is 0 Å². The van der Waals surface area contributed by atoms with E-state index < -0.39 is 0 Å². The van der Waals surface area contributed by atoms with Crippen LogP contribution in [0.1, 0.15) is 51.2 Å². The van der Waals surface area contributed by atoms with E-state index in [0.29, 0.717) is 0 Å². The Morgan fingerprint density at radius 2 is 1.54 bits per heavy atom. The summed E-state index contributed by atoms with van der Waals surface area (Å²) in [5, 5.41) is 0. The van der Waals surface area contributed by atoms with E-state index in [1.807, 2.05) is 0 Å². The zero-order valence-electron chi connectivity index (χ0n) is 21.1. The molecule has 2 nitrogen and oxygen atoms in total. The molecule has 0 saturated carbocycles. The molecule has 1 aliphatic heterocycles. The number of hydrogen-bond acceptors (Lipinski definition) is 1. The zero-order chi connectivity index (χ0) is 24.5. The molecular formula is C33H34N2. The predicted octanol–water partition coefficient (Wildman–Crippen LogP) is 7.99. The van der Waals surface area contributed by atoms with Crippen LogP contribution in [0.3, 0.4) is 0 Å². The number of allylic oxidation sites excluding steroid dienone is 1. The van der Waals surface area contributed by atoms with Gasteiger partial charge in [0.05, 0.1) is 6.54 Å². The number of aromatic nitrogens is 1. The second-order valence-corrected chi connectivity index (χ2v) is 9.85. The van der Waals surface area contributed by atoms with Crippen LogP contribution in [0.4, 0.5) is 5.69 Å². The molecule has 0 bridgehead atoms. The molecule has 0 saturated heterocycles. The van der Waals surface area contributed by atoms with Crippen molar-refractivity contribution in [1.29, 1.82) is 0 Å². The summed E-state index contributed by atoms with van der Waals surface area (Å²) in [5.74, 6) is 0. The molecule has 5 rings (SSSR count). The van der Waals surface area contributed by atoms with Crippen molar-refractivity contribution in [2.24, 2.45) is 0 Å². The Labute approximate surface area is 209 Å². The average Bonchev–Trinajstić information content (AvgIpc) is 3.16. The lowest BCUT2D eigenvalue weighted by Gasteiger charge is -2.27. The van der Waals surface area contributed by atoms with E-state index in [1.54, 1.807) is 0 Å². The van der Waals surface area contributed by atoms with Crippen molar-refractivity contribution in [2.75, 3.05) is 4.90 Å². The molecule has 2 heteroatoms. The van der Waals surface area contributed by atoms with Gasteiger partial charge in [-0.2, -0.15) is 0 Å². The van der Waals surface area contributed by atoms with Crippen LogP contribution in [0.25, 0.3) is 5.57 Å². The van der Waals surface area contributed by atoms with Gasteiger partial charge in [-0.05, 0) is 79.6 Å². The topological polar surface area (TPSA) is 8.17 Å². The van der Waals surface area contributed by atoms with Gasteiger partial charge in [0.25, 0.3) is 0 Å². The van der Waals surface area contributed by atoms with Crippen LogP contribution < -0.4 is 4.90 Å². The Kier molecular flexibility index (Phi) is 6.21. The highest BCUT2D eigenvalue weighted by Gasteiger charge is 2.23. The summed E-state index contributed by atoms with van der Waals surface area (Å²) < 4.78 is 2.43. The summed E-state index contributed by atoms with van der Waals surface area (Å²) in [6.07, 6.45) is 1.93. The minimum Gasteiger partial charge on any atom is -0.339 e. The molecule has 3 aromatic carbocycles. The molecule has 0 radical (unpaired) electrons. The summed E-state index contributed by atoms with van der Waals surface area (Å²) in [5.41, 5.74) is 13.8. The fourth-order valence-electron chi connectivity index (χ4n) is 5.15. The summed E-state index contributed by atoms with van der Waals surface area (Å²) >= 11 is 0. The molecular weight excluding hydrogens is 424 g/mol. The molecule has 0 atom stereocenters. The summed E-state index contributed by atoms with van der Waals surface area (Å²) in [7, 11) is 0. The lowest BCUT2D eigenvalue weighted by atomic mass is 10.0. The van der Waals surface area contributed by atoms with E-state index in [1.165, 1.54) is 50.5 Å². The Morgan fingerprint density at radius 1 is 0.800 bits per heavy atom. The average molecular weight is 459 g/mol. The Morgan fingerprint density at radius 3 is 2.31 bits per heavy atom. The summed E-state index contributed by atoms with van der Waals surface area (Å²) in [6.45, 7) is 17.1. The van der Waals surface area contributed by atoms with Gasteiger partial charge in [-0.25, -0.2) is 0 Å². The maximum absolute atomic E-state index is 4.55. The van der Waals surface area contributed by atoms with E-state index in [4.69, 9.17) is 0 Å². The minimum atomic E-state index is 0.809. The van der Waals surface area contributed by atoms with Crippen LogP contribution in [-0.4, -0.2) is 4.57 Å². The fraction of sp³-hybridized carbons (Fsp3) is 0.212. The third-order valence-electron chi connectivity index (χ3n) is 7.27. The van der Waals surface area contributed by atoms with Gasteiger partial charge < -0.3 is 9.47 Å². The predicted molar refractivity (Wildman–Crippen MR) is 149 cm³/mol. The van der Waals surface area contributed by atoms with Crippen LogP contribution in [0.15, 0.2) is 97.7 Å². The zero-order valence-corrected chi connectivity index (χ0v) is 21.1. The van der Waals surface area contributed by atoms with Gasteiger partial charge in [-0.1, -0.05) is 84.9 Å². The number of nitrogens with zero attached hydrogens (tertiary/aromatic N) is 2. The minimum absolute atomic E-state index is 0.809. The highest BCUT2D eigenvalue weighted by Crippen LogP contribution is 2.34. The summed E-state index contributed by atoms with van der Waals surface area (Å²) in [4.78, 5) is 2.41. The maximum Gasteiger partial charge on any atom is 0.0631 e. The van der Waals surface area contributed by atoms with E-state index >= 15 is 0 Å². The molecule has 35 heavy (non-hydrogen) atoms. The first kappa shape index (κ1) is 23.0. The first-order chi connectivity index (χ1) is 16.9. The van der Waals surface area contributed by atoms with Gasteiger partial charge in [0.1, 0.15) is 0 Å². The number of hydrogen-bond donors (Lipinski definition) is 0. The van der Waals surface area contributed by atoms with Crippen molar-refractivity contribution in [2.45, 2.75) is 46.7 Å². The molecule has 0 spiro atoms. The smallest absolute Gasteiger partial charge is 0.0631 e. The summed E-state index contributed by atoms with van der Waals surface area (Å²) in [6, 6.07) is 28.6. The molecule has 0 N–H and O–H groups in total. The number of anilines is 1. The molecule has 0 amide bonds. The van der Waals surface area contributed by atoms with E-state index in [-0.39, 0.29) is 0 Å². The van der Waals surface area contributed by atoms with E-state index in [9.17, 15) is 0 Å². The first-order valence-corrected chi connectivity index (χ1v) is 12.4. The highest BCUT2D eigenvalue weighted by atomic mass is 15.2. The third kappa shape index (κ3) is 4.61. The van der Waals surface area contributed by atoms with Crippen molar-refractivity contribution < 1.29 is 0 Å². The van der Waals surface area contributed by atoms with E-state index in [0.717, 1.165) is 37.2 Å². The third-order valence-corrected chi connectivity index (χ3v) is 7.27. The molecule has 176 valence electrons. The number of fused-ring (bicyclic) bond motifs is 2. The number of benzene rings is 3. The lowest BCUT2D eigenvalue weighted by molar-refractivity contribution is 0.742. The molecule has 1 aliphatic rings. The quantitative estimate of drug-likeness (QED) is 0.284. The molecule has 0 unspecified atom stereocenters. The van der Waals surface area contributed by atoms with Gasteiger partial charge in [0, 0.05) is 29.3 Å². The number of aryl methyl sites for hydroxylation is 4. The van der Waals surface area contributed by atoms with Crippen LogP contribution in [0, 0.1) is 20.8 Å². The van der Waals surface area contributed by atoms with Gasteiger partial charge >= 0.3 is 0 Å². The van der Waals surface area contributed by atoms with Gasteiger partial charge in [0.2, 0.25) is 0 Å². The normalized spacial score (nSPS) is 12.6. The van der Waals surface area contributed by atoms with Crippen LogP contribution >= 0.6 is 0 Å². The van der Waals surface area contributed by atoms with Crippen molar-refractivity contribution >= 4 is 11.3 Å². The van der Waals surface area contributed by atoms with Crippen molar-refractivity contribution in [3.63, 3.8) is 0 Å². The monoisotopic (exact) mass is 458 g/mol. The van der Waals surface area contributed by atoms with Crippen LogP contribution in [0.5, 0.6) is 0 Å². The second kappa shape index (κ2) is 9.46. The van der Waals surface area contributed by atoms with Gasteiger partial charge in [-0.15, -0.1) is 0 Å².